The number of anilines is 1. The molecule has 40 heavy (non-hydrogen) atoms. The highest BCUT2D eigenvalue weighted by molar-refractivity contribution is 7.89. The zero-order valence-corrected chi connectivity index (χ0v) is 22.2. The highest BCUT2D eigenvalue weighted by Crippen LogP contribution is 2.32. The summed E-state index contributed by atoms with van der Waals surface area (Å²) < 4.78 is 62.4. The summed E-state index contributed by atoms with van der Waals surface area (Å²) in [5, 5.41) is 15.8. The molecule has 0 spiro atoms. The van der Waals surface area contributed by atoms with Crippen molar-refractivity contribution in [2.45, 2.75) is 48.8 Å². The number of carbonyl (C=O) groups excluding carboxylic acids is 3. The van der Waals surface area contributed by atoms with E-state index in [1.165, 1.54) is 30.3 Å². The molecule has 10 nitrogen and oxygen atoms in total. The number of amides is 3. The van der Waals surface area contributed by atoms with Crippen molar-refractivity contribution in [1.82, 2.24) is 16.0 Å². The normalized spacial score (nSPS) is 17.4. The van der Waals surface area contributed by atoms with E-state index in [9.17, 15) is 36.0 Å². The van der Waals surface area contributed by atoms with Crippen LogP contribution >= 0.6 is 0 Å². The average molecular weight is 582 g/mol. The predicted molar refractivity (Wildman–Crippen MR) is 142 cm³/mol. The first-order valence-corrected chi connectivity index (χ1v) is 13.9. The van der Waals surface area contributed by atoms with E-state index in [2.05, 4.69) is 27.8 Å². The Bertz CT molecular complexity index is 1360. The molecule has 0 heterocycles. The molecule has 6 N–H and O–H groups in total. The van der Waals surface area contributed by atoms with Crippen molar-refractivity contribution >= 4 is 33.4 Å². The van der Waals surface area contributed by atoms with Gasteiger partial charge in [0.2, 0.25) is 15.9 Å². The van der Waals surface area contributed by atoms with Gasteiger partial charge in [0.1, 0.15) is 0 Å². The van der Waals surface area contributed by atoms with Crippen molar-refractivity contribution in [3.63, 3.8) is 0 Å². The van der Waals surface area contributed by atoms with Crippen LogP contribution in [0.3, 0.4) is 0 Å². The van der Waals surface area contributed by atoms with Crippen LogP contribution in [0, 0.1) is 0 Å². The van der Waals surface area contributed by atoms with Crippen molar-refractivity contribution < 1.29 is 36.0 Å². The second kappa shape index (κ2) is 13.0. The van der Waals surface area contributed by atoms with Gasteiger partial charge in [-0.15, -0.1) is 6.58 Å². The Morgan fingerprint density at radius 1 is 0.975 bits per heavy atom. The third-order valence-corrected chi connectivity index (χ3v) is 7.24. The van der Waals surface area contributed by atoms with Crippen LogP contribution in [0.4, 0.5) is 18.9 Å². The summed E-state index contributed by atoms with van der Waals surface area (Å²) in [6, 6.07) is 6.90. The summed E-state index contributed by atoms with van der Waals surface area (Å²) >= 11 is 0. The molecule has 0 aromatic heterocycles. The van der Waals surface area contributed by atoms with Crippen molar-refractivity contribution in [1.29, 1.82) is 0 Å². The van der Waals surface area contributed by atoms with Crippen LogP contribution in [0.2, 0.25) is 0 Å². The number of primary sulfonamides is 1. The lowest BCUT2D eigenvalue weighted by Crippen LogP contribution is -2.54. The number of sulfonamides is 1. The standard InChI is InChI=1S/C26H30F3N5O5S/c1-2-13-31-20-12-9-17(26(27,28)29)14-19(20)25(37)32-15-23(35)33-21-5-3-4-6-22(21)34-24(36)16-7-10-18(11-8-16)40(30,38)39/h2,7-12,14,21-22,31H,1,3-6,13,15H2,(H,32,37)(H,33,35)(H,34,36)(H2,30,38,39)/t21-,22+/m1/s1. The van der Waals surface area contributed by atoms with Crippen LogP contribution in [0.25, 0.3) is 0 Å². The number of alkyl halides is 3. The van der Waals surface area contributed by atoms with E-state index < -0.39 is 58.1 Å². The topological polar surface area (TPSA) is 159 Å². The second-order valence-electron chi connectivity index (χ2n) is 9.22. The smallest absolute Gasteiger partial charge is 0.381 e. The highest BCUT2D eigenvalue weighted by Gasteiger charge is 2.32. The quantitative estimate of drug-likeness (QED) is 0.271. The molecule has 3 rings (SSSR count). The molecule has 0 aliphatic heterocycles. The van der Waals surface area contributed by atoms with Gasteiger partial charge < -0.3 is 21.3 Å². The largest absolute Gasteiger partial charge is 0.416 e. The van der Waals surface area contributed by atoms with Gasteiger partial charge in [0.25, 0.3) is 11.8 Å². The Morgan fingerprint density at radius 2 is 1.60 bits per heavy atom. The maximum absolute atomic E-state index is 13.2. The van der Waals surface area contributed by atoms with Crippen molar-refractivity contribution in [3.05, 3.63) is 71.8 Å². The number of benzene rings is 2. The summed E-state index contributed by atoms with van der Waals surface area (Å²) in [7, 11) is -3.91. The maximum atomic E-state index is 13.2. The Morgan fingerprint density at radius 3 is 2.17 bits per heavy atom. The molecular weight excluding hydrogens is 551 g/mol. The van der Waals surface area contributed by atoms with Crippen molar-refractivity contribution in [2.75, 3.05) is 18.4 Å². The van der Waals surface area contributed by atoms with Crippen molar-refractivity contribution in [3.8, 4) is 0 Å². The Balaban J connectivity index is 1.62. The molecule has 0 unspecified atom stereocenters. The minimum Gasteiger partial charge on any atom is -0.381 e. The second-order valence-corrected chi connectivity index (χ2v) is 10.8. The minimum absolute atomic E-state index is 0.136. The summed E-state index contributed by atoms with van der Waals surface area (Å²) in [6.45, 7) is 3.23. The third kappa shape index (κ3) is 8.29. The lowest BCUT2D eigenvalue weighted by Gasteiger charge is -2.33. The first-order valence-electron chi connectivity index (χ1n) is 12.4. The molecule has 14 heteroatoms. The molecule has 1 aliphatic rings. The SMILES string of the molecule is C=CCNc1ccc(C(F)(F)F)cc1C(=O)NCC(=O)N[C@@H]1CCCC[C@@H]1NC(=O)c1ccc(S(N)(=O)=O)cc1. The molecule has 2 aromatic rings. The summed E-state index contributed by atoms with van der Waals surface area (Å²) in [6.07, 6.45) is -0.470. The molecule has 0 saturated heterocycles. The van der Waals surface area contributed by atoms with Gasteiger partial charge in [0.15, 0.2) is 0 Å². The molecule has 1 fully saturated rings. The van der Waals surface area contributed by atoms with E-state index >= 15 is 0 Å². The van der Waals surface area contributed by atoms with Gasteiger partial charge >= 0.3 is 6.18 Å². The van der Waals surface area contributed by atoms with Gasteiger partial charge in [0.05, 0.1) is 22.6 Å². The summed E-state index contributed by atoms with van der Waals surface area (Å²) in [4.78, 5) is 38.0. The average Bonchev–Trinajstić information content (AvgIpc) is 2.90. The van der Waals surface area contributed by atoms with E-state index in [0.29, 0.717) is 18.9 Å². The zero-order chi connectivity index (χ0) is 29.5. The summed E-state index contributed by atoms with van der Waals surface area (Å²) in [5.41, 5.74) is -0.928. The van der Waals surface area contributed by atoms with Crippen LogP contribution < -0.4 is 26.4 Å². The first kappa shape index (κ1) is 30.6. The highest BCUT2D eigenvalue weighted by atomic mass is 32.2. The van der Waals surface area contributed by atoms with Crippen LogP contribution in [0.5, 0.6) is 0 Å². The molecule has 0 bridgehead atoms. The third-order valence-electron chi connectivity index (χ3n) is 6.31. The van der Waals surface area contributed by atoms with Crippen LogP contribution in [-0.4, -0.2) is 51.3 Å². The van der Waals surface area contributed by atoms with E-state index in [1.54, 1.807) is 0 Å². The predicted octanol–water partition coefficient (Wildman–Crippen LogP) is 2.54. The fraction of sp³-hybridized carbons (Fsp3) is 0.346. The number of nitrogens with two attached hydrogens (primary N) is 1. The number of hydrogen-bond acceptors (Lipinski definition) is 6. The lowest BCUT2D eigenvalue weighted by molar-refractivity contribution is -0.137. The number of halogens is 3. The van der Waals surface area contributed by atoms with Crippen LogP contribution in [0.1, 0.15) is 52.0 Å². The molecule has 2 atom stereocenters. The van der Waals surface area contributed by atoms with E-state index in [4.69, 9.17) is 5.14 Å². The number of nitrogens with one attached hydrogen (secondary N) is 4. The molecule has 3 amide bonds. The van der Waals surface area contributed by atoms with Gasteiger partial charge in [0, 0.05) is 29.9 Å². The molecule has 1 aliphatic carbocycles. The van der Waals surface area contributed by atoms with E-state index in [0.717, 1.165) is 25.0 Å². The van der Waals surface area contributed by atoms with E-state index in [-0.39, 0.29) is 28.3 Å². The van der Waals surface area contributed by atoms with Gasteiger partial charge in [-0.25, -0.2) is 13.6 Å². The zero-order valence-electron chi connectivity index (χ0n) is 21.4. The molecule has 0 radical (unpaired) electrons. The van der Waals surface area contributed by atoms with Gasteiger partial charge in [-0.2, -0.15) is 13.2 Å². The van der Waals surface area contributed by atoms with Crippen molar-refractivity contribution in [2.24, 2.45) is 5.14 Å². The Kier molecular flexibility index (Phi) is 9.93. The molecule has 1 saturated carbocycles. The fourth-order valence-corrected chi connectivity index (χ4v) is 4.80. The van der Waals surface area contributed by atoms with Gasteiger partial charge in [-0.3, -0.25) is 14.4 Å². The number of carbonyl (C=O) groups is 3. The molecular formula is C26H30F3N5O5S. The molecule has 2 aromatic carbocycles. The van der Waals surface area contributed by atoms with Crippen LogP contribution in [-0.2, 0) is 21.0 Å². The first-order chi connectivity index (χ1) is 18.8. The Hall–Kier alpha value is -3.91. The molecule has 216 valence electrons. The minimum atomic E-state index is -4.66. The van der Waals surface area contributed by atoms with Gasteiger partial charge in [-0.1, -0.05) is 18.9 Å². The summed E-state index contributed by atoms with van der Waals surface area (Å²) in [5.74, 6) is -1.92. The fourth-order valence-electron chi connectivity index (χ4n) is 4.28. The van der Waals surface area contributed by atoms with Crippen LogP contribution in [0.15, 0.2) is 60.0 Å². The van der Waals surface area contributed by atoms with Gasteiger partial charge in [-0.05, 0) is 55.3 Å². The Labute approximate surface area is 229 Å². The lowest BCUT2D eigenvalue weighted by atomic mass is 9.90. The maximum Gasteiger partial charge on any atom is 0.416 e. The number of rotatable bonds is 10. The van der Waals surface area contributed by atoms with E-state index in [1.807, 2.05) is 0 Å². The number of hydrogen-bond donors (Lipinski definition) is 5. The monoisotopic (exact) mass is 581 g/mol.